The van der Waals surface area contributed by atoms with Crippen molar-refractivity contribution in [2.24, 2.45) is 0 Å². The first-order valence-corrected chi connectivity index (χ1v) is 7.25. The second kappa shape index (κ2) is 8.56. The van der Waals surface area contributed by atoms with Crippen molar-refractivity contribution in [3.05, 3.63) is 66.0 Å². The highest BCUT2D eigenvalue weighted by atomic mass is 16.2. The van der Waals surface area contributed by atoms with Crippen LogP contribution in [0.5, 0.6) is 0 Å². The molecule has 22 heavy (non-hydrogen) atoms. The number of benzene rings is 1. The number of amides is 2. The SMILES string of the molecule is O=C(CCNC(=O)c1ccccc1)NCCc1ccccn1. The van der Waals surface area contributed by atoms with Crippen LogP contribution in [-0.2, 0) is 11.2 Å². The van der Waals surface area contributed by atoms with E-state index in [9.17, 15) is 9.59 Å². The number of pyridine rings is 1. The molecule has 0 radical (unpaired) electrons. The monoisotopic (exact) mass is 297 g/mol. The van der Waals surface area contributed by atoms with Gasteiger partial charge in [-0.05, 0) is 24.3 Å². The molecule has 0 unspecified atom stereocenters. The van der Waals surface area contributed by atoms with Gasteiger partial charge in [0.25, 0.3) is 5.91 Å². The quantitative estimate of drug-likeness (QED) is 0.814. The van der Waals surface area contributed by atoms with Gasteiger partial charge in [-0.1, -0.05) is 24.3 Å². The average molecular weight is 297 g/mol. The van der Waals surface area contributed by atoms with Crippen molar-refractivity contribution in [3.8, 4) is 0 Å². The second-order valence-corrected chi connectivity index (χ2v) is 4.79. The standard InChI is InChI=1S/C17H19N3O2/c21-16(19-12-9-15-8-4-5-11-18-15)10-13-20-17(22)14-6-2-1-3-7-14/h1-8,11H,9-10,12-13H2,(H,19,21)(H,20,22). The smallest absolute Gasteiger partial charge is 0.251 e. The van der Waals surface area contributed by atoms with Gasteiger partial charge < -0.3 is 10.6 Å². The number of nitrogens with zero attached hydrogens (tertiary/aromatic N) is 1. The zero-order chi connectivity index (χ0) is 15.6. The highest BCUT2D eigenvalue weighted by Gasteiger charge is 2.05. The van der Waals surface area contributed by atoms with Gasteiger partial charge in [-0.15, -0.1) is 0 Å². The molecule has 5 heteroatoms. The van der Waals surface area contributed by atoms with Gasteiger partial charge in [-0.3, -0.25) is 14.6 Å². The Morgan fingerprint density at radius 1 is 0.909 bits per heavy atom. The van der Waals surface area contributed by atoms with Gasteiger partial charge in [0.05, 0.1) is 0 Å². The van der Waals surface area contributed by atoms with Crippen LogP contribution in [0.3, 0.4) is 0 Å². The van der Waals surface area contributed by atoms with Crippen molar-refractivity contribution in [2.75, 3.05) is 13.1 Å². The first-order chi connectivity index (χ1) is 10.8. The second-order valence-electron chi connectivity index (χ2n) is 4.79. The van der Waals surface area contributed by atoms with Crippen LogP contribution in [0.25, 0.3) is 0 Å². The van der Waals surface area contributed by atoms with Crippen LogP contribution in [0, 0.1) is 0 Å². The summed E-state index contributed by atoms with van der Waals surface area (Å²) in [5, 5.41) is 5.54. The van der Waals surface area contributed by atoms with Crippen molar-refractivity contribution in [1.82, 2.24) is 15.6 Å². The number of carbonyl (C=O) groups is 2. The Kier molecular flexibility index (Phi) is 6.11. The van der Waals surface area contributed by atoms with E-state index in [1.165, 1.54) is 0 Å². The number of nitrogens with one attached hydrogen (secondary N) is 2. The van der Waals surface area contributed by atoms with E-state index in [2.05, 4.69) is 15.6 Å². The summed E-state index contributed by atoms with van der Waals surface area (Å²) in [6, 6.07) is 14.6. The van der Waals surface area contributed by atoms with Crippen LogP contribution >= 0.6 is 0 Å². The lowest BCUT2D eigenvalue weighted by atomic mass is 10.2. The zero-order valence-electron chi connectivity index (χ0n) is 12.3. The first kappa shape index (κ1) is 15.7. The van der Waals surface area contributed by atoms with Crippen molar-refractivity contribution in [1.29, 1.82) is 0 Å². The Morgan fingerprint density at radius 2 is 1.68 bits per heavy atom. The van der Waals surface area contributed by atoms with Gasteiger partial charge in [0.1, 0.15) is 0 Å². The van der Waals surface area contributed by atoms with Crippen LogP contribution in [-0.4, -0.2) is 29.9 Å². The molecule has 0 fully saturated rings. The van der Waals surface area contributed by atoms with Gasteiger partial charge >= 0.3 is 0 Å². The number of rotatable bonds is 7. The highest BCUT2D eigenvalue weighted by molar-refractivity contribution is 5.94. The maximum Gasteiger partial charge on any atom is 0.251 e. The summed E-state index contributed by atoms with van der Waals surface area (Å²) in [6.07, 6.45) is 2.69. The lowest BCUT2D eigenvalue weighted by Gasteiger charge is -2.06. The lowest BCUT2D eigenvalue weighted by Crippen LogP contribution is -2.31. The maximum atomic E-state index is 11.8. The largest absolute Gasteiger partial charge is 0.356 e. The summed E-state index contributed by atoms with van der Waals surface area (Å²) < 4.78 is 0. The molecule has 0 aliphatic rings. The molecular formula is C17H19N3O2. The van der Waals surface area contributed by atoms with Crippen molar-refractivity contribution < 1.29 is 9.59 Å². The predicted molar refractivity (Wildman–Crippen MR) is 84.3 cm³/mol. The molecule has 0 bridgehead atoms. The molecule has 1 aromatic carbocycles. The molecule has 2 amide bonds. The van der Waals surface area contributed by atoms with E-state index >= 15 is 0 Å². The summed E-state index contributed by atoms with van der Waals surface area (Å²) in [7, 11) is 0. The van der Waals surface area contributed by atoms with Crippen LogP contribution in [0.1, 0.15) is 22.5 Å². The van der Waals surface area contributed by atoms with Gasteiger partial charge in [0.15, 0.2) is 0 Å². The lowest BCUT2D eigenvalue weighted by molar-refractivity contribution is -0.120. The highest BCUT2D eigenvalue weighted by Crippen LogP contribution is 1.97. The topological polar surface area (TPSA) is 71.1 Å². The fraction of sp³-hybridized carbons (Fsp3) is 0.235. The fourth-order valence-electron chi connectivity index (χ4n) is 1.95. The van der Waals surface area contributed by atoms with E-state index < -0.39 is 0 Å². The molecule has 0 aliphatic heterocycles. The fourth-order valence-corrected chi connectivity index (χ4v) is 1.95. The summed E-state index contributed by atoms with van der Waals surface area (Å²) in [6.45, 7) is 0.867. The summed E-state index contributed by atoms with van der Waals surface area (Å²) in [5.41, 5.74) is 1.54. The molecule has 114 valence electrons. The first-order valence-electron chi connectivity index (χ1n) is 7.25. The molecule has 0 saturated carbocycles. The summed E-state index contributed by atoms with van der Waals surface area (Å²) in [4.78, 5) is 27.6. The minimum Gasteiger partial charge on any atom is -0.356 e. The third-order valence-corrected chi connectivity index (χ3v) is 3.10. The molecule has 1 heterocycles. The van der Waals surface area contributed by atoms with Gasteiger partial charge in [-0.2, -0.15) is 0 Å². The molecule has 5 nitrogen and oxygen atoms in total. The Bertz CT molecular complexity index is 600. The molecule has 2 aromatic rings. The van der Waals surface area contributed by atoms with E-state index in [1.54, 1.807) is 30.5 Å². The number of carbonyl (C=O) groups excluding carboxylic acids is 2. The van der Waals surface area contributed by atoms with Crippen LogP contribution in [0.2, 0.25) is 0 Å². The predicted octanol–water partition coefficient (Wildman–Crippen LogP) is 1.56. The minimum atomic E-state index is -0.165. The molecule has 0 saturated heterocycles. The van der Waals surface area contributed by atoms with Crippen molar-refractivity contribution in [2.45, 2.75) is 12.8 Å². The molecule has 2 rings (SSSR count). The van der Waals surface area contributed by atoms with Gasteiger partial charge in [-0.25, -0.2) is 0 Å². The molecule has 0 atom stereocenters. The van der Waals surface area contributed by atoms with E-state index in [0.717, 1.165) is 5.69 Å². The minimum absolute atomic E-state index is 0.0794. The van der Waals surface area contributed by atoms with Crippen molar-refractivity contribution >= 4 is 11.8 Å². The third-order valence-electron chi connectivity index (χ3n) is 3.10. The van der Waals surface area contributed by atoms with Gasteiger partial charge in [0.2, 0.25) is 5.91 Å². The van der Waals surface area contributed by atoms with E-state index in [0.29, 0.717) is 25.1 Å². The van der Waals surface area contributed by atoms with E-state index in [1.807, 2.05) is 24.3 Å². The average Bonchev–Trinajstić information content (AvgIpc) is 2.56. The Morgan fingerprint density at radius 3 is 2.41 bits per heavy atom. The van der Waals surface area contributed by atoms with Gasteiger partial charge in [0, 0.05) is 43.4 Å². The normalized spacial score (nSPS) is 10.0. The number of hydrogen-bond acceptors (Lipinski definition) is 3. The van der Waals surface area contributed by atoms with Crippen molar-refractivity contribution in [3.63, 3.8) is 0 Å². The Balaban J connectivity index is 1.61. The Hall–Kier alpha value is -2.69. The molecule has 0 spiro atoms. The molecule has 2 N–H and O–H groups in total. The molecule has 0 aliphatic carbocycles. The maximum absolute atomic E-state index is 11.8. The van der Waals surface area contributed by atoms with E-state index in [-0.39, 0.29) is 18.2 Å². The van der Waals surface area contributed by atoms with Crippen LogP contribution in [0.15, 0.2) is 54.7 Å². The van der Waals surface area contributed by atoms with E-state index in [4.69, 9.17) is 0 Å². The van der Waals surface area contributed by atoms with Crippen LogP contribution < -0.4 is 10.6 Å². The summed E-state index contributed by atoms with van der Waals surface area (Å²) >= 11 is 0. The third kappa shape index (κ3) is 5.36. The number of hydrogen-bond donors (Lipinski definition) is 2. The van der Waals surface area contributed by atoms with Crippen LogP contribution in [0.4, 0.5) is 0 Å². The number of aromatic nitrogens is 1. The molecular weight excluding hydrogens is 278 g/mol. The zero-order valence-corrected chi connectivity index (χ0v) is 12.3. The summed E-state index contributed by atoms with van der Waals surface area (Å²) in [5.74, 6) is -0.244. The molecule has 1 aromatic heterocycles. The Labute approximate surface area is 129 Å².